The number of anilines is 3. The van der Waals surface area contributed by atoms with E-state index in [-0.39, 0.29) is 36.2 Å². The molecule has 32 heavy (non-hydrogen) atoms. The lowest BCUT2D eigenvalue weighted by Gasteiger charge is -2.42. The predicted octanol–water partition coefficient (Wildman–Crippen LogP) is 3.00. The molecule has 0 atom stereocenters. The summed E-state index contributed by atoms with van der Waals surface area (Å²) in [7, 11) is 0. The van der Waals surface area contributed by atoms with E-state index in [0.717, 1.165) is 0 Å². The van der Waals surface area contributed by atoms with Crippen molar-refractivity contribution in [3.05, 3.63) is 23.7 Å². The van der Waals surface area contributed by atoms with Gasteiger partial charge in [-0.15, -0.1) is 0 Å². The minimum absolute atomic E-state index is 0.0610. The number of H-pyrrole nitrogens is 1. The highest BCUT2D eigenvalue weighted by molar-refractivity contribution is 5.57. The molecule has 13 heteroatoms. The molecule has 2 aromatic heterocycles. The van der Waals surface area contributed by atoms with Crippen LogP contribution in [0, 0.1) is 0 Å². The standard InChI is InChI=1S/C19H22F5N7O/c20-18(21)7-11(8-18)13-5-15(29-28-13)25-14-6-16(27-17(26-14)19(22,23)24)31-3-1-30(2-4-31)12-9-32-10-12/h5-6,11-12H,1-4,7-10H2,(H2,25,26,27,28,29). The maximum atomic E-state index is 13.4. The third-order valence-electron chi connectivity index (χ3n) is 6.13. The number of rotatable bonds is 5. The van der Waals surface area contributed by atoms with Crippen LogP contribution in [-0.2, 0) is 10.9 Å². The number of aromatic nitrogens is 4. The molecule has 5 rings (SSSR count). The van der Waals surface area contributed by atoms with E-state index in [4.69, 9.17) is 4.74 Å². The summed E-state index contributed by atoms with van der Waals surface area (Å²) in [5.74, 6) is -3.95. The van der Waals surface area contributed by atoms with Crippen molar-refractivity contribution in [3.8, 4) is 0 Å². The second-order valence-electron chi connectivity index (χ2n) is 8.44. The van der Waals surface area contributed by atoms with Gasteiger partial charge in [0.15, 0.2) is 5.82 Å². The Balaban J connectivity index is 1.32. The summed E-state index contributed by atoms with van der Waals surface area (Å²) in [6.07, 6.45) is -5.27. The van der Waals surface area contributed by atoms with Crippen molar-refractivity contribution in [3.63, 3.8) is 0 Å². The largest absolute Gasteiger partial charge is 0.451 e. The number of halogens is 5. The molecule has 0 amide bonds. The first-order valence-electron chi connectivity index (χ1n) is 10.4. The topological polar surface area (TPSA) is 82.2 Å². The number of nitrogens with one attached hydrogen (secondary N) is 2. The van der Waals surface area contributed by atoms with Crippen molar-refractivity contribution in [2.75, 3.05) is 49.6 Å². The third-order valence-corrected chi connectivity index (χ3v) is 6.13. The number of ether oxygens (including phenoxy) is 1. The Morgan fingerprint density at radius 3 is 2.34 bits per heavy atom. The van der Waals surface area contributed by atoms with Gasteiger partial charge in [0, 0.05) is 62.8 Å². The highest BCUT2D eigenvalue weighted by Gasteiger charge is 2.46. The highest BCUT2D eigenvalue weighted by atomic mass is 19.4. The maximum Gasteiger partial charge on any atom is 0.451 e. The second-order valence-corrected chi connectivity index (χ2v) is 8.44. The molecule has 8 nitrogen and oxygen atoms in total. The van der Waals surface area contributed by atoms with E-state index < -0.39 is 17.9 Å². The summed E-state index contributed by atoms with van der Waals surface area (Å²) in [4.78, 5) is 11.4. The smallest absolute Gasteiger partial charge is 0.378 e. The lowest BCUT2D eigenvalue weighted by molar-refractivity contribution is -0.144. The van der Waals surface area contributed by atoms with Crippen molar-refractivity contribution >= 4 is 17.5 Å². The molecule has 3 fully saturated rings. The molecule has 2 aliphatic heterocycles. The van der Waals surface area contributed by atoms with Gasteiger partial charge < -0.3 is 15.0 Å². The van der Waals surface area contributed by atoms with Gasteiger partial charge in [0.05, 0.1) is 19.3 Å². The Morgan fingerprint density at radius 1 is 1.03 bits per heavy atom. The summed E-state index contributed by atoms with van der Waals surface area (Å²) in [5, 5.41) is 9.41. The van der Waals surface area contributed by atoms with Crippen LogP contribution in [0.25, 0.3) is 0 Å². The average Bonchev–Trinajstić information content (AvgIpc) is 3.12. The Bertz CT molecular complexity index is 961. The van der Waals surface area contributed by atoms with E-state index in [1.54, 1.807) is 4.90 Å². The number of aromatic amines is 1. The Morgan fingerprint density at radius 2 is 1.75 bits per heavy atom. The number of hydrogen-bond acceptors (Lipinski definition) is 7. The van der Waals surface area contributed by atoms with Crippen LogP contribution in [0.15, 0.2) is 12.1 Å². The first kappa shape index (κ1) is 21.3. The molecule has 0 spiro atoms. The molecule has 1 saturated carbocycles. The van der Waals surface area contributed by atoms with Crippen LogP contribution >= 0.6 is 0 Å². The molecule has 0 unspecified atom stereocenters. The quantitative estimate of drug-likeness (QED) is 0.666. The summed E-state index contributed by atoms with van der Waals surface area (Å²) >= 11 is 0. The van der Waals surface area contributed by atoms with Crippen LogP contribution in [0.1, 0.15) is 30.3 Å². The monoisotopic (exact) mass is 459 g/mol. The number of piperazine rings is 1. The first-order chi connectivity index (χ1) is 15.2. The van der Waals surface area contributed by atoms with E-state index >= 15 is 0 Å². The minimum Gasteiger partial charge on any atom is -0.378 e. The zero-order chi connectivity index (χ0) is 22.5. The molecular formula is C19H22F5N7O. The third kappa shape index (κ3) is 4.35. The molecule has 4 heterocycles. The van der Waals surface area contributed by atoms with Crippen molar-refractivity contribution in [1.29, 1.82) is 0 Å². The van der Waals surface area contributed by atoms with E-state index in [2.05, 4.69) is 30.4 Å². The highest BCUT2D eigenvalue weighted by Crippen LogP contribution is 2.48. The fraction of sp³-hybridized carbons (Fsp3) is 0.632. The van der Waals surface area contributed by atoms with Crippen molar-refractivity contribution in [1.82, 2.24) is 25.1 Å². The van der Waals surface area contributed by atoms with Gasteiger partial charge in [0.25, 0.3) is 0 Å². The Labute approximate surface area is 180 Å². The van der Waals surface area contributed by atoms with Crippen LogP contribution in [0.4, 0.5) is 39.4 Å². The number of hydrogen-bond donors (Lipinski definition) is 2. The van der Waals surface area contributed by atoms with Crippen molar-refractivity contribution in [2.45, 2.75) is 36.9 Å². The van der Waals surface area contributed by atoms with Crippen molar-refractivity contribution < 1.29 is 26.7 Å². The maximum absolute atomic E-state index is 13.4. The van der Waals surface area contributed by atoms with Gasteiger partial charge in [-0.2, -0.15) is 18.3 Å². The molecule has 0 radical (unpaired) electrons. The van der Waals surface area contributed by atoms with Gasteiger partial charge in [-0.25, -0.2) is 18.7 Å². The normalized spacial score (nSPS) is 22.5. The number of alkyl halides is 5. The zero-order valence-electron chi connectivity index (χ0n) is 17.0. The van der Waals surface area contributed by atoms with Crippen LogP contribution in [0.2, 0.25) is 0 Å². The molecule has 2 saturated heterocycles. The van der Waals surface area contributed by atoms with Crippen LogP contribution in [0.3, 0.4) is 0 Å². The SMILES string of the molecule is FC1(F)CC(c2cc(Nc3cc(N4CCN(C5COC5)CC4)nc(C(F)(F)F)n3)n[nH]2)C1. The summed E-state index contributed by atoms with van der Waals surface area (Å²) in [6.45, 7) is 3.85. The number of nitrogens with zero attached hydrogens (tertiary/aromatic N) is 5. The van der Waals surface area contributed by atoms with Gasteiger partial charge in [-0.3, -0.25) is 10.00 Å². The van der Waals surface area contributed by atoms with E-state index in [0.29, 0.717) is 51.1 Å². The van der Waals surface area contributed by atoms with Crippen molar-refractivity contribution in [2.24, 2.45) is 0 Å². The zero-order valence-corrected chi connectivity index (χ0v) is 17.0. The van der Waals surface area contributed by atoms with Gasteiger partial charge in [-0.05, 0) is 0 Å². The second kappa shape index (κ2) is 7.80. The fourth-order valence-corrected chi connectivity index (χ4v) is 4.16. The van der Waals surface area contributed by atoms with Gasteiger partial charge in [0.2, 0.25) is 11.7 Å². The molecule has 2 aromatic rings. The van der Waals surface area contributed by atoms with E-state index in [9.17, 15) is 22.0 Å². The Hall–Kier alpha value is -2.54. The summed E-state index contributed by atoms with van der Waals surface area (Å²) in [6, 6.07) is 3.34. The van der Waals surface area contributed by atoms with Crippen LogP contribution in [0.5, 0.6) is 0 Å². The Kier molecular flexibility index (Phi) is 5.19. The average molecular weight is 459 g/mol. The van der Waals surface area contributed by atoms with Crippen LogP contribution < -0.4 is 10.2 Å². The van der Waals surface area contributed by atoms with E-state index in [1.807, 2.05) is 0 Å². The van der Waals surface area contributed by atoms with Crippen LogP contribution in [-0.4, -0.2) is 76.4 Å². The molecule has 2 N–H and O–H groups in total. The van der Waals surface area contributed by atoms with Gasteiger partial charge >= 0.3 is 6.18 Å². The summed E-state index contributed by atoms with van der Waals surface area (Å²) in [5.41, 5.74) is 0.514. The molecule has 0 aromatic carbocycles. The fourth-order valence-electron chi connectivity index (χ4n) is 4.16. The molecule has 0 bridgehead atoms. The van der Waals surface area contributed by atoms with Gasteiger partial charge in [0.1, 0.15) is 11.6 Å². The van der Waals surface area contributed by atoms with Gasteiger partial charge in [-0.1, -0.05) is 0 Å². The summed E-state index contributed by atoms with van der Waals surface area (Å²) < 4.78 is 71.7. The van der Waals surface area contributed by atoms with E-state index in [1.165, 1.54) is 12.1 Å². The molecule has 1 aliphatic carbocycles. The molecule has 3 aliphatic rings. The lowest BCUT2D eigenvalue weighted by atomic mass is 9.79. The first-order valence-corrected chi connectivity index (χ1v) is 10.4. The molecular weight excluding hydrogens is 437 g/mol. The lowest BCUT2D eigenvalue weighted by Crippen LogP contribution is -2.56. The molecule has 174 valence electrons. The minimum atomic E-state index is -4.72. The predicted molar refractivity (Wildman–Crippen MR) is 104 cm³/mol.